The summed E-state index contributed by atoms with van der Waals surface area (Å²) in [7, 11) is 0. The zero-order valence-corrected chi connectivity index (χ0v) is 12.0. The molecule has 1 fully saturated rings. The van der Waals surface area contributed by atoms with Gasteiger partial charge in [-0.1, -0.05) is 0 Å². The number of thiazole rings is 1. The Morgan fingerprint density at radius 1 is 1.40 bits per heavy atom. The summed E-state index contributed by atoms with van der Waals surface area (Å²) in [5, 5.41) is 6.38. The van der Waals surface area contributed by atoms with E-state index in [2.05, 4.69) is 15.3 Å². The molecule has 20 heavy (non-hydrogen) atoms. The molecule has 0 unspecified atom stereocenters. The molecular weight excluding hydrogens is 272 g/mol. The van der Waals surface area contributed by atoms with Crippen molar-refractivity contribution in [3.63, 3.8) is 0 Å². The van der Waals surface area contributed by atoms with Crippen LogP contribution in [-0.2, 0) is 6.42 Å². The zero-order chi connectivity index (χ0) is 13.8. The molecule has 2 heterocycles. The van der Waals surface area contributed by atoms with Crippen molar-refractivity contribution in [3.05, 3.63) is 28.7 Å². The summed E-state index contributed by atoms with van der Waals surface area (Å²) in [6.45, 7) is 1.52. The smallest absolute Gasteiger partial charge is 0.239 e. The van der Waals surface area contributed by atoms with Crippen LogP contribution in [-0.4, -0.2) is 23.1 Å². The van der Waals surface area contributed by atoms with Crippen LogP contribution in [0.4, 0.5) is 11.5 Å². The van der Waals surface area contributed by atoms with Crippen molar-refractivity contribution in [2.24, 2.45) is 5.92 Å². The van der Waals surface area contributed by atoms with Crippen molar-refractivity contribution in [1.29, 1.82) is 0 Å². The third-order valence-electron chi connectivity index (χ3n) is 3.17. The van der Waals surface area contributed by atoms with Crippen molar-refractivity contribution in [2.45, 2.75) is 19.3 Å². The van der Waals surface area contributed by atoms with Gasteiger partial charge in [0.2, 0.25) is 5.88 Å². The zero-order valence-electron chi connectivity index (χ0n) is 11.2. The number of nitrogens with two attached hydrogens (primary N) is 1. The first-order chi connectivity index (χ1) is 9.81. The molecule has 2 aromatic heterocycles. The number of aromatic nitrogens is 2. The maximum absolute atomic E-state index is 5.88. The van der Waals surface area contributed by atoms with E-state index in [0.29, 0.717) is 17.5 Å². The van der Waals surface area contributed by atoms with E-state index in [-0.39, 0.29) is 0 Å². The van der Waals surface area contributed by atoms with E-state index in [9.17, 15) is 0 Å². The van der Waals surface area contributed by atoms with Crippen LogP contribution in [0.5, 0.6) is 5.88 Å². The fourth-order valence-corrected chi connectivity index (χ4v) is 2.44. The molecule has 0 aliphatic heterocycles. The number of anilines is 2. The van der Waals surface area contributed by atoms with Crippen LogP contribution in [0.15, 0.2) is 23.7 Å². The van der Waals surface area contributed by atoms with Crippen LogP contribution in [0.25, 0.3) is 0 Å². The van der Waals surface area contributed by atoms with Crippen LogP contribution in [0.1, 0.15) is 17.8 Å². The van der Waals surface area contributed by atoms with Gasteiger partial charge in [0.25, 0.3) is 0 Å². The third kappa shape index (κ3) is 3.60. The van der Waals surface area contributed by atoms with Gasteiger partial charge in [0.15, 0.2) is 0 Å². The lowest BCUT2D eigenvalue weighted by Crippen LogP contribution is -2.09. The molecule has 0 spiro atoms. The van der Waals surface area contributed by atoms with Gasteiger partial charge in [-0.25, -0.2) is 4.98 Å². The van der Waals surface area contributed by atoms with Gasteiger partial charge in [0.05, 0.1) is 17.3 Å². The van der Waals surface area contributed by atoms with Crippen LogP contribution < -0.4 is 15.8 Å². The van der Waals surface area contributed by atoms with E-state index in [1.807, 2.05) is 23.7 Å². The van der Waals surface area contributed by atoms with Gasteiger partial charge in [-0.05, 0) is 30.9 Å². The molecule has 0 amide bonds. The van der Waals surface area contributed by atoms with Gasteiger partial charge >= 0.3 is 0 Å². The predicted molar refractivity (Wildman–Crippen MR) is 81.2 cm³/mol. The first-order valence-electron chi connectivity index (χ1n) is 6.83. The highest BCUT2D eigenvalue weighted by Gasteiger charge is 2.22. The highest BCUT2D eigenvalue weighted by molar-refractivity contribution is 7.09. The molecule has 0 atom stereocenters. The average molecular weight is 290 g/mol. The van der Waals surface area contributed by atoms with Crippen molar-refractivity contribution in [1.82, 2.24) is 9.97 Å². The van der Waals surface area contributed by atoms with Crippen LogP contribution >= 0.6 is 11.3 Å². The summed E-state index contributed by atoms with van der Waals surface area (Å²) in [6, 6.07) is 3.71. The number of nitrogen functional groups attached to an aromatic ring is 1. The Bertz CT molecular complexity index is 554. The van der Waals surface area contributed by atoms with Crippen LogP contribution in [0.3, 0.4) is 0 Å². The first-order valence-corrected chi connectivity index (χ1v) is 7.71. The molecule has 106 valence electrons. The molecule has 1 saturated carbocycles. The van der Waals surface area contributed by atoms with E-state index in [1.165, 1.54) is 12.8 Å². The lowest BCUT2D eigenvalue weighted by Gasteiger charge is -2.10. The van der Waals surface area contributed by atoms with E-state index in [0.717, 1.165) is 30.4 Å². The van der Waals surface area contributed by atoms with Gasteiger partial charge < -0.3 is 15.8 Å². The summed E-state index contributed by atoms with van der Waals surface area (Å²) < 4.78 is 5.67. The molecule has 0 saturated heterocycles. The molecule has 3 N–H and O–H groups in total. The van der Waals surface area contributed by atoms with Gasteiger partial charge in [-0.3, -0.25) is 0 Å². The van der Waals surface area contributed by atoms with E-state index in [1.54, 1.807) is 11.3 Å². The Morgan fingerprint density at radius 2 is 2.30 bits per heavy atom. The monoisotopic (exact) mass is 290 g/mol. The molecule has 2 aromatic rings. The summed E-state index contributed by atoms with van der Waals surface area (Å²) >= 11 is 1.67. The van der Waals surface area contributed by atoms with E-state index < -0.39 is 0 Å². The van der Waals surface area contributed by atoms with Crippen molar-refractivity contribution >= 4 is 22.8 Å². The Hall–Kier alpha value is -1.82. The minimum absolute atomic E-state index is 0.538. The molecule has 6 heteroatoms. The van der Waals surface area contributed by atoms with Gasteiger partial charge in [-0.2, -0.15) is 4.98 Å². The Morgan fingerprint density at radius 3 is 3.05 bits per heavy atom. The minimum Gasteiger partial charge on any atom is -0.476 e. The second-order valence-corrected chi connectivity index (χ2v) is 5.93. The number of rotatable bonds is 7. The Labute approximate surface area is 122 Å². The van der Waals surface area contributed by atoms with Crippen molar-refractivity contribution < 1.29 is 4.74 Å². The normalized spacial score (nSPS) is 14.2. The number of nitrogens with one attached hydrogen (secondary N) is 1. The summed E-state index contributed by atoms with van der Waals surface area (Å²) in [5.74, 6) is 2.02. The number of hydrogen-bond acceptors (Lipinski definition) is 6. The molecule has 0 aromatic carbocycles. The fraction of sp³-hybridized carbons (Fsp3) is 0.429. The first kappa shape index (κ1) is 13.2. The number of nitrogens with zero attached hydrogens (tertiary/aromatic N) is 2. The number of hydrogen-bond donors (Lipinski definition) is 2. The Balaban J connectivity index is 1.53. The summed E-state index contributed by atoms with van der Waals surface area (Å²) in [4.78, 5) is 8.66. The quantitative estimate of drug-likeness (QED) is 0.820. The molecular formula is C14H18N4OS. The second kappa shape index (κ2) is 6.09. The number of ether oxygens (including phenoxy) is 1. The maximum atomic E-state index is 5.88. The largest absolute Gasteiger partial charge is 0.476 e. The SMILES string of the molecule is Nc1ccc(NCCc2nccs2)nc1OCC1CC1. The third-order valence-corrected chi connectivity index (χ3v) is 4.01. The van der Waals surface area contributed by atoms with Crippen LogP contribution in [0.2, 0.25) is 0 Å². The average Bonchev–Trinajstić information content (AvgIpc) is 3.14. The second-order valence-electron chi connectivity index (χ2n) is 4.95. The molecule has 1 aliphatic carbocycles. The highest BCUT2D eigenvalue weighted by atomic mass is 32.1. The fourth-order valence-electron chi connectivity index (χ4n) is 1.82. The van der Waals surface area contributed by atoms with Crippen LogP contribution in [0, 0.1) is 5.92 Å². The molecule has 0 radical (unpaired) electrons. The lowest BCUT2D eigenvalue weighted by atomic mass is 10.3. The molecule has 3 rings (SSSR count). The molecule has 1 aliphatic rings. The van der Waals surface area contributed by atoms with Gasteiger partial charge in [-0.15, -0.1) is 11.3 Å². The van der Waals surface area contributed by atoms with Gasteiger partial charge in [0.1, 0.15) is 5.82 Å². The molecule has 5 nitrogen and oxygen atoms in total. The van der Waals surface area contributed by atoms with E-state index in [4.69, 9.17) is 10.5 Å². The number of pyridine rings is 1. The topological polar surface area (TPSA) is 73.1 Å². The van der Waals surface area contributed by atoms with Gasteiger partial charge in [0, 0.05) is 24.5 Å². The minimum atomic E-state index is 0.538. The maximum Gasteiger partial charge on any atom is 0.239 e. The summed E-state index contributed by atoms with van der Waals surface area (Å²) in [5.41, 5.74) is 6.47. The predicted octanol–water partition coefficient (Wildman–Crippen LogP) is 2.56. The van der Waals surface area contributed by atoms with Crippen molar-refractivity contribution in [3.8, 4) is 5.88 Å². The standard InChI is InChI=1S/C14H18N4OS/c15-11-3-4-12(16-6-5-13-17-7-8-20-13)18-14(11)19-9-10-1-2-10/h3-4,7-8,10H,1-2,5-6,9,15H2,(H,16,18). The van der Waals surface area contributed by atoms with E-state index >= 15 is 0 Å². The van der Waals surface area contributed by atoms with Crippen molar-refractivity contribution in [2.75, 3.05) is 24.2 Å². The summed E-state index contributed by atoms with van der Waals surface area (Å²) in [6.07, 6.45) is 5.23. The lowest BCUT2D eigenvalue weighted by molar-refractivity contribution is 0.290. The highest BCUT2D eigenvalue weighted by Crippen LogP contribution is 2.30. The Kier molecular flexibility index (Phi) is 4.01. The molecule has 0 bridgehead atoms.